The quantitative estimate of drug-likeness (QED) is 0.544. The predicted octanol–water partition coefficient (Wildman–Crippen LogP) is 2.18. The smallest absolute Gasteiger partial charge is 0.461 e. The van der Waals surface area contributed by atoms with Crippen LogP contribution in [-0.4, -0.2) is 37.2 Å². The maximum absolute atomic E-state index is 12.3. The van der Waals surface area contributed by atoms with Gasteiger partial charge in [0.25, 0.3) is 0 Å². The first-order chi connectivity index (χ1) is 10.8. The van der Waals surface area contributed by atoms with Crippen molar-refractivity contribution in [1.82, 2.24) is 0 Å². The van der Waals surface area contributed by atoms with Gasteiger partial charge in [-0.25, -0.2) is 4.79 Å². The maximum Gasteiger partial charge on any atom is 0.508 e. The molecule has 0 aromatic heterocycles. The van der Waals surface area contributed by atoms with E-state index in [-0.39, 0.29) is 30.0 Å². The molecule has 5 atom stereocenters. The van der Waals surface area contributed by atoms with E-state index in [1.165, 1.54) is 7.11 Å². The number of ether oxygens (including phenoxy) is 3. The van der Waals surface area contributed by atoms with Crippen LogP contribution in [-0.2, 0) is 23.8 Å². The van der Waals surface area contributed by atoms with Gasteiger partial charge in [0.2, 0.25) is 0 Å². The molecule has 0 amide bonds. The highest BCUT2D eigenvalue weighted by Gasteiger charge is 2.56. The monoisotopic (exact) mass is 320 g/mol. The first-order valence-corrected chi connectivity index (χ1v) is 7.70. The van der Waals surface area contributed by atoms with Crippen LogP contribution in [0.2, 0.25) is 0 Å². The topological polar surface area (TPSA) is 78.9 Å². The van der Waals surface area contributed by atoms with Crippen LogP contribution in [0.25, 0.3) is 0 Å². The van der Waals surface area contributed by atoms with Gasteiger partial charge in [0.05, 0.1) is 13.0 Å². The third kappa shape index (κ3) is 2.36. The highest BCUT2D eigenvalue weighted by atomic mass is 16.7. The number of hydrogen-bond acceptors (Lipinski definition) is 6. The van der Waals surface area contributed by atoms with Crippen molar-refractivity contribution < 1.29 is 28.6 Å². The molecule has 3 rings (SSSR count). The third-order valence-corrected chi connectivity index (χ3v) is 5.16. The molecule has 6 heteroatoms. The number of hydrogen-bond donors (Lipinski definition) is 0. The van der Waals surface area contributed by atoms with Crippen molar-refractivity contribution in [2.24, 2.45) is 17.8 Å². The number of Topliss-reactive ketones (excluding diaryl/α,β-unsaturated/α-hetero) is 1. The molecule has 0 N–H and O–H groups in total. The number of rotatable bonds is 1. The minimum absolute atomic E-state index is 0.0190. The zero-order valence-electron chi connectivity index (χ0n) is 13.5. The summed E-state index contributed by atoms with van der Waals surface area (Å²) < 4.78 is 15.5. The Morgan fingerprint density at radius 2 is 2.04 bits per heavy atom. The molecular weight excluding hydrogens is 300 g/mol. The Hall–Kier alpha value is -2.11. The van der Waals surface area contributed by atoms with E-state index in [1.54, 1.807) is 6.92 Å². The molecule has 0 spiro atoms. The summed E-state index contributed by atoms with van der Waals surface area (Å²) in [7, 11) is 1.24. The Kier molecular flexibility index (Phi) is 3.78. The summed E-state index contributed by atoms with van der Waals surface area (Å²) >= 11 is 0. The van der Waals surface area contributed by atoms with Gasteiger partial charge in [-0.05, 0) is 6.92 Å². The molecule has 2 fully saturated rings. The normalized spacial score (nSPS) is 36.3. The highest BCUT2D eigenvalue weighted by molar-refractivity contribution is 6.02. The van der Waals surface area contributed by atoms with E-state index in [1.807, 2.05) is 6.92 Å². The average molecular weight is 320 g/mol. The lowest BCUT2D eigenvalue weighted by Gasteiger charge is -2.28. The minimum atomic E-state index is -0.796. The zero-order valence-corrected chi connectivity index (χ0v) is 13.5. The molecule has 3 aliphatic rings. The fourth-order valence-corrected chi connectivity index (χ4v) is 4.11. The maximum atomic E-state index is 12.3. The van der Waals surface area contributed by atoms with Gasteiger partial charge in [0.15, 0.2) is 5.78 Å². The second-order valence-electron chi connectivity index (χ2n) is 6.51. The first kappa shape index (κ1) is 15.8. The molecule has 2 unspecified atom stereocenters. The molecule has 124 valence electrons. The van der Waals surface area contributed by atoms with Gasteiger partial charge >= 0.3 is 12.1 Å². The molecule has 1 aliphatic heterocycles. The fourth-order valence-electron chi connectivity index (χ4n) is 4.11. The zero-order chi connectivity index (χ0) is 16.9. The molecule has 1 saturated carbocycles. The lowest BCUT2D eigenvalue weighted by molar-refractivity contribution is -0.144. The Morgan fingerprint density at radius 1 is 1.35 bits per heavy atom. The average Bonchev–Trinajstić information content (AvgIpc) is 2.89. The molecular formula is C17H20O6. The molecule has 0 aromatic rings. The fraction of sp³-hybridized carbons (Fsp3) is 0.588. The number of carbonyl (C=O) groups is 3. The molecule has 23 heavy (non-hydrogen) atoms. The van der Waals surface area contributed by atoms with Crippen LogP contribution in [0.15, 0.2) is 23.3 Å². The van der Waals surface area contributed by atoms with Crippen LogP contribution in [0.4, 0.5) is 4.79 Å². The van der Waals surface area contributed by atoms with Crippen LogP contribution in [0.3, 0.4) is 0 Å². The molecule has 6 nitrogen and oxygen atoms in total. The Labute approximate surface area is 134 Å². The Balaban J connectivity index is 2.05. The molecule has 0 aromatic carbocycles. The Bertz CT molecular complexity index is 631. The van der Waals surface area contributed by atoms with E-state index in [0.29, 0.717) is 12.0 Å². The van der Waals surface area contributed by atoms with E-state index in [2.05, 4.69) is 11.3 Å². The summed E-state index contributed by atoms with van der Waals surface area (Å²) in [6, 6.07) is 0. The van der Waals surface area contributed by atoms with Gasteiger partial charge in [-0.3, -0.25) is 9.59 Å². The number of carbonyl (C=O) groups excluding carboxylic acids is 3. The highest BCUT2D eigenvalue weighted by Crippen LogP contribution is 2.49. The minimum Gasteiger partial charge on any atom is -0.461 e. The molecule has 1 heterocycles. The van der Waals surface area contributed by atoms with E-state index in [0.717, 1.165) is 11.1 Å². The molecule has 0 bridgehead atoms. The van der Waals surface area contributed by atoms with Crippen molar-refractivity contribution in [3.8, 4) is 0 Å². The van der Waals surface area contributed by atoms with E-state index in [9.17, 15) is 14.4 Å². The number of ketones is 1. The lowest BCUT2D eigenvalue weighted by atomic mass is 9.80. The van der Waals surface area contributed by atoms with Gasteiger partial charge in [0.1, 0.15) is 12.2 Å². The van der Waals surface area contributed by atoms with Crippen LogP contribution in [0.5, 0.6) is 0 Å². The van der Waals surface area contributed by atoms with Gasteiger partial charge < -0.3 is 14.2 Å². The third-order valence-electron chi connectivity index (χ3n) is 5.16. The molecule has 2 aliphatic carbocycles. The summed E-state index contributed by atoms with van der Waals surface area (Å²) in [4.78, 5) is 36.0. The van der Waals surface area contributed by atoms with Crippen molar-refractivity contribution in [3.05, 3.63) is 23.3 Å². The number of methoxy groups -OCH3 is 1. The second kappa shape index (κ2) is 5.51. The summed E-state index contributed by atoms with van der Waals surface area (Å²) in [6.45, 7) is 7.62. The van der Waals surface area contributed by atoms with Crippen LogP contribution >= 0.6 is 0 Å². The summed E-state index contributed by atoms with van der Waals surface area (Å²) in [5, 5.41) is 0. The van der Waals surface area contributed by atoms with E-state index >= 15 is 0 Å². The van der Waals surface area contributed by atoms with Gasteiger partial charge in [0, 0.05) is 30.3 Å². The SMILES string of the molecule is C=C1CC(=O)C2=C(C)C[C@H](OC(=O)OC)C3[C@H](OC(=O)[C@H]3C)C12. The van der Waals surface area contributed by atoms with Gasteiger partial charge in [-0.1, -0.05) is 24.6 Å². The molecule has 0 radical (unpaired) electrons. The largest absolute Gasteiger partial charge is 0.508 e. The Morgan fingerprint density at radius 3 is 2.70 bits per heavy atom. The molecule has 1 saturated heterocycles. The van der Waals surface area contributed by atoms with E-state index in [4.69, 9.17) is 9.47 Å². The van der Waals surface area contributed by atoms with Gasteiger partial charge in [-0.15, -0.1) is 0 Å². The number of esters is 1. The summed E-state index contributed by atoms with van der Waals surface area (Å²) in [5.41, 5.74) is 2.30. The summed E-state index contributed by atoms with van der Waals surface area (Å²) in [6.07, 6.45) is -1.20. The standard InChI is InChI=1S/C17H20O6/c1-7-5-10(18)12-8(2)6-11(22-17(20)21-4)14-9(3)16(19)23-15(14)13(7)12/h9,11,13-15H,1,5-6H2,2-4H3/t9-,11-,13?,14?,15+/m0/s1. The first-order valence-electron chi connectivity index (χ1n) is 7.70. The van der Waals surface area contributed by atoms with Gasteiger partial charge in [-0.2, -0.15) is 0 Å². The van der Waals surface area contributed by atoms with Crippen LogP contribution in [0.1, 0.15) is 26.7 Å². The summed E-state index contributed by atoms with van der Waals surface area (Å²) in [5.74, 6) is -1.34. The lowest BCUT2D eigenvalue weighted by Crippen LogP contribution is -2.37. The number of fused-ring (bicyclic) bond motifs is 3. The van der Waals surface area contributed by atoms with Crippen molar-refractivity contribution in [3.63, 3.8) is 0 Å². The predicted molar refractivity (Wildman–Crippen MR) is 79.4 cm³/mol. The van der Waals surface area contributed by atoms with Crippen LogP contribution < -0.4 is 0 Å². The van der Waals surface area contributed by atoms with Crippen molar-refractivity contribution in [2.75, 3.05) is 7.11 Å². The van der Waals surface area contributed by atoms with Crippen molar-refractivity contribution >= 4 is 17.9 Å². The van der Waals surface area contributed by atoms with E-state index < -0.39 is 24.3 Å². The van der Waals surface area contributed by atoms with Crippen molar-refractivity contribution in [1.29, 1.82) is 0 Å². The van der Waals surface area contributed by atoms with Crippen LogP contribution in [0, 0.1) is 17.8 Å². The second-order valence-corrected chi connectivity index (χ2v) is 6.51. The van der Waals surface area contributed by atoms with Crippen molar-refractivity contribution in [2.45, 2.75) is 38.9 Å².